The van der Waals surface area contributed by atoms with Gasteiger partial charge in [0.2, 0.25) is 11.8 Å². The van der Waals surface area contributed by atoms with Crippen LogP contribution in [0.15, 0.2) is 42.5 Å². The Labute approximate surface area is 175 Å². The number of carbonyl (C=O) groups excluding carboxylic acids is 2. The van der Waals surface area contributed by atoms with Gasteiger partial charge in [-0.05, 0) is 57.3 Å². The highest BCUT2D eigenvalue weighted by molar-refractivity contribution is 6.30. The van der Waals surface area contributed by atoms with E-state index in [-0.39, 0.29) is 24.9 Å². The third kappa shape index (κ3) is 7.63. The zero-order chi connectivity index (χ0) is 21.2. The molecule has 8 heteroatoms. The van der Waals surface area contributed by atoms with Crippen LogP contribution in [0.1, 0.15) is 13.8 Å². The lowest BCUT2D eigenvalue weighted by atomic mass is 10.2. The second-order valence-corrected chi connectivity index (χ2v) is 6.74. The summed E-state index contributed by atoms with van der Waals surface area (Å²) in [6.45, 7) is 4.92. The van der Waals surface area contributed by atoms with E-state index in [9.17, 15) is 9.59 Å². The van der Waals surface area contributed by atoms with Crippen LogP contribution in [-0.4, -0.2) is 50.1 Å². The van der Waals surface area contributed by atoms with Crippen molar-refractivity contribution < 1.29 is 19.1 Å². The minimum absolute atomic E-state index is 0.0607. The molecule has 2 aromatic carbocycles. The lowest BCUT2D eigenvalue weighted by Gasteiger charge is -2.17. The van der Waals surface area contributed by atoms with E-state index in [0.29, 0.717) is 41.1 Å². The van der Waals surface area contributed by atoms with Crippen molar-refractivity contribution in [1.29, 1.82) is 0 Å². The van der Waals surface area contributed by atoms with Crippen LogP contribution in [-0.2, 0) is 9.59 Å². The standard InChI is InChI=1S/C21H26ClN3O4/c1-4-28-18-11-10-17(12-19(18)29-5-2)24-21(27)14-25(3)13-20(26)23-16-8-6-15(22)7-9-16/h6-12H,4-5,13-14H2,1-3H3,(H,23,26)(H,24,27). The monoisotopic (exact) mass is 419 g/mol. The van der Waals surface area contributed by atoms with Crippen LogP contribution in [0.5, 0.6) is 11.5 Å². The first kappa shape index (κ1) is 22.5. The molecule has 2 aromatic rings. The number of anilines is 2. The third-order valence-electron chi connectivity index (χ3n) is 3.78. The zero-order valence-electron chi connectivity index (χ0n) is 16.8. The van der Waals surface area contributed by atoms with Gasteiger partial charge in [0.05, 0.1) is 26.3 Å². The molecule has 2 N–H and O–H groups in total. The summed E-state index contributed by atoms with van der Waals surface area (Å²) in [5.41, 5.74) is 1.25. The van der Waals surface area contributed by atoms with Crippen LogP contribution in [0.3, 0.4) is 0 Å². The normalized spacial score (nSPS) is 10.5. The number of benzene rings is 2. The summed E-state index contributed by atoms with van der Waals surface area (Å²) in [5, 5.41) is 6.16. The quantitative estimate of drug-likeness (QED) is 0.614. The molecule has 0 aromatic heterocycles. The lowest BCUT2D eigenvalue weighted by molar-refractivity contribution is -0.119. The molecule has 0 atom stereocenters. The van der Waals surface area contributed by atoms with Gasteiger partial charge in [0.25, 0.3) is 0 Å². The summed E-state index contributed by atoms with van der Waals surface area (Å²) in [4.78, 5) is 26.0. The number of amides is 2. The first-order valence-electron chi connectivity index (χ1n) is 9.34. The molecule has 0 fully saturated rings. The van der Waals surface area contributed by atoms with Crippen LogP contribution in [0, 0.1) is 0 Å². The van der Waals surface area contributed by atoms with E-state index in [1.165, 1.54) is 0 Å². The van der Waals surface area contributed by atoms with Crippen molar-refractivity contribution in [3.63, 3.8) is 0 Å². The SMILES string of the molecule is CCOc1ccc(NC(=O)CN(C)CC(=O)Nc2ccc(Cl)cc2)cc1OCC. The summed E-state index contributed by atoms with van der Waals surface area (Å²) in [7, 11) is 1.70. The van der Waals surface area contributed by atoms with Crippen molar-refractivity contribution in [2.24, 2.45) is 0 Å². The van der Waals surface area contributed by atoms with E-state index in [1.54, 1.807) is 54.4 Å². The molecule has 0 saturated carbocycles. The number of nitrogens with one attached hydrogen (secondary N) is 2. The molecule has 0 aliphatic carbocycles. The Balaban J connectivity index is 1.86. The van der Waals surface area contributed by atoms with Crippen LogP contribution >= 0.6 is 11.6 Å². The summed E-state index contributed by atoms with van der Waals surface area (Å²) < 4.78 is 11.1. The number of nitrogens with zero attached hydrogens (tertiary/aromatic N) is 1. The second kappa shape index (κ2) is 11.3. The van der Waals surface area contributed by atoms with Gasteiger partial charge in [-0.2, -0.15) is 0 Å². The summed E-state index contributed by atoms with van der Waals surface area (Å²) in [6, 6.07) is 12.1. The van der Waals surface area contributed by atoms with Crippen molar-refractivity contribution in [2.75, 3.05) is 44.0 Å². The van der Waals surface area contributed by atoms with Gasteiger partial charge in [0.1, 0.15) is 0 Å². The van der Waals surface area contributed by atoms with Crippen molar-refractivity contribution in [3.05, 3.63) is 47.5 Å². The zero-order valence-corrected chi connectivity index (χ0v) is 17.6. The molecule has 0 saturated heterocycles. The minimum atomic E-state index is -0.238. The number of carbonyl (C=O) groups is 2. The molecule has 0 bridgehead atoms. The van der Waals surface area contributed by atoms with Crippen LogP contribution in [0.2, 0.25) is 5.02 Å². The maximum absolute atomic E-state index is 12.3. The Morgan fingerprint density at radius 2 is 1.38 bits per heavy atom. The van der Waals surface area contributed by atoms with Crippen molar-refractivity contribution >= 4 is 34.8 Å². The Kier molecular flexibility index (Phi) is 8.76. The topological polar surface area (TPSA) is 79.9 Å². The molecular formula is C21H26ClN3O4. The fourth-order valence-electron chi connectivity index (χ4n) is 2.61. The molecule has 0 aliphatic heterocycles. The van der Waals surface area contributed by atoms with E-state index >= 15 is 0 Å². The van der Waals surface area contributed by atoms with Gasteiger partial charge in [-0.15, -0.1) is 0 Å². The fourth-order valence-corrected chi connectivity index (χ4v) is 2.74. The van der Waals surface area contributed by atoms with E-state index in [0.717, 1.165) is 0 Å². The molecule has 0 unspecified atom stereocenters. The first-order chi connectivity index (χ1) is 13.9. The van der Waals surface area contributed by atoms with Crippen LogP contribution in [0.4, 0.5) is 11.4 Å². The number of hydrogen-bond donors (Lipinski definition) is 2. The van der Waals surface area contributed by atoms with E-state index in [2.05, 4.69) is 10.6 Å². The van der Waals surface area contributed by atoms with Gasteiger partial charge in [-0.3, -0.25) is 14.5 Å². The predicted octanol–water partition coefficient (Wildman–Crippen LogP) is 3.65. The molecule has 156 valence electrons. The van der Waals surface area contributed by atoms with Gasteiger partial charge in [-0.25, -0.2) is 0 Å². The van der Waals surface area contributed by atoms with Gasteiger partial charge in [-0.1, -0.05) is 11.6 Å². The fraction of sp³-hybridized carbons (Fsp3) is 0.333. The maximum Gasteiger partial charge on any atom is 0.238 e. The Bertz CT molecular complexity index is 827. The Morgan fingerprint density at radius 1 is 0.862 bits per heavy atom. The largest absolute Gasteiger partial charge is 0.490 e. The average Bonchev–Trinajstić information content (AvgIpc) is 2.65. The van der Waals surface area contributed by atoms with Crippen LogP contribution in [0.25, 0.3) is 0 Å². The van der Waals surface area contributed by atoms with Crippen LogP contribution < -0.4 is 20.1 Å². The highest BCUT2D eigenvalue weighted by Crippen LogP contribution is 2.30. The summed E-state index contributed by atoms with van der Waals surface area (Å²) in [5.74, 6) is 0.743. The van der Waals surface area contributed by atoms with E-state index < -0.39 is 0 Å². The minimum Gasteiger partial charge on any atom is -0.490 e. The predicted molar refractivity (Wildman–Crippen MR) is 115 cm³/mol. The van der Waals surface area contributed by atoms with Gasteiger partial charge in [0, 0.05) is 22.5 Å². The van der Waals surface area contributed by atoms with Crippen molar-refractivity contribution in [2.45, 2.75) is 13.8 Å². The number of rotatable bonds is 10. The Morgan fingerprint density at radius 3 is 1.97 bits per heavy atom. The first-order valence-corrected chi connectivity index (χ1v) is 9.72. The highest BCUT2D eigenvalue weighted by atomic mass is 35.5. The van der Waals surface area contributed by atoms with Crippen molar-refractivity contribution in [3.8, 4) is 11.5 Å². The molecule has 29 heavy (non-hydrogen) atoms. The van der Waals surface area contributed by atoms with E-state index in [4.69, 9.17) is 21.1 Å². The highest BCUT2D eigenvalue weighted by Gasteiger charge is 2.13. The molecule has 0 spiro atoms. The smallest absolute Gasteiger partial charge is 0.238 e. The maximum atomic E-state index is 12.3. The molecule has 0 aliphatic rings. The number of likely N-dealkylation sites (N-methyl/N-ethyl adjacent to an activating group) is 1. The molecule has 7 nitrogen and oxygen atoms in total. The third-order valence-corrected chi connectivity index (χ3v) is 4.03. The van der Waals surface area contributed by atoms with Gasteiger partial charge < -0.3 is 20.1 Å². The molecule has 2 amide bonds. The molecular weight excluding hydrogens is 394 g/mol. The Hall–Kier alpha value is -2.77. The molecule has 0 radical (unpaired) electrons. The van der Waals surface area contributed by atoms with Crippen molar-refractivity contribution in [1.82, 2.24) is 4.90 Å². The van der Waals surface area contributed by atoms with Gasteiger partial charge >= 0.3 is 0 Å². The lowest BCUT2D eigenvalue weighted by Crippen LogP contribution is -2.36. The summed E-state index contributed by atoms with van der Waals surface area (Å²) in [6.07, 6.45) is 0. The average molecular weight is 420 g/mol. The number of hydrogen-bond acceptors (Lipinski definition) is 5. The second-order valence-electron chi connectivity index (χ2n) is 6.30. The molecule has 2 rings (SSSR count). The van der Waals surface area contributed by atoms with E-state index in [1.807, 2.05) is 13.8 Å². The van der Waals surface area contributed by atoms with Gasteiger partial charge in [0.15, 0.2) is 11.5 Å². The number of halogens is 1. The number of ether oxygens (including phenoxy) is 2. The summed E-state index contributed by atoms with van der Waals surface area (Å²) >= 11 is 5.83. The molecule has 0 heterocycles.